The topological polar surface area (TPSA) is 26.3 Å². The van der Waals surface area contributed by atoms with Crippen LogP contribution in [0, 0.1) is 13.8 Å². The van der Waals surface area contributed by atoms with Gasteiger partial charge >= 0.3 is 0 Å². The highest BCUT2D eigenvalue weighted by Crippen LogP contribution is 2.25. The zero-order chi connectivity index (χ0) is 11.0. The predicted molar refractivity (Wildman–Crippen MR) is 59.4 cm³/mol. The molecule has 78 valence electrons. The zero-order valence-electron chi connectivity index (χ0n) is 9.20. The average Bonchev–Trinajstić information content (AvgIpc) is 2.45. The van der Waals surface area contributed by atoms with E-state index < -0.39 is 0 Å². The number of rotatable bonds is 1. The van der Waals surface area contributed by atoms with Gasteiger partial charge in [0.05, 0.1) is 0 Å². The first kappa shape index (κ1) is 9.97. The highest BCUT2D eigenvalue weighted by Gasteiger charge is 2.23. The molecule has 2 nitrogen and oxygen atoms in total. The summed E-state index contributed by atoms with van der Waals surface area (Å²) in [7, 11) is 0. The Morgan fingerprint density at radius 2 is 1.73 bits per heavy atom. The summed E-state index contributed by atoms with van der Waals surface area (Å²) in [6.07, 6.45) is 1.25. The van der Waals surface area contributed by atoms with Crippen LogP contribution in [0.25, 0.3) is 5.76 Å². The van der Waals surface area contributed by atoms with Crippen LogP contribution in [0.4, 0.5) is 0 Å². The standard InChI is InChI=1S/C13H14O2/c1-8-4-9(2)6-11(5-8)13-7-12(14)10(3)15-13/h4-7,10H,1-3H3. The molecule has 1 aliphatic heterocycles. The highest BCUT2D eigenvalue weighted by molar-refractivity contribution is 6.02. The lowest BCUT2D eigenvalue weighted by Crippen LogP contribution is -2.09. The third-order valence-corrected chi connectivity index (χ3v) is 2.48. The second kappa shape index (κ2) is 3.54. The number of carbonyl (C=O) groups is 1. The fraction of sp³-hybridized carbons (Fsp3) is 0.308. The third kappa shape index (κ3) is 1.94. The van der Waals surface area contributed by atoms with Crippen LogP contribution < -0.4 is 0 Å². The van der Waals surface area contributed by atoms with Crippen molar-refractivity contribution in [2.75, 3.05) is 0 Å². The first-order valence-corrected chi connectivity index (χ1v) is 5.07. The molecule has 0 radical (unpaired) electrons. The van der Waals surface area contributed by atoms with Crippen molar-refractivity contribution < 1.29 is 9.53 Å². The van der Waals surface area contributed by atoms with Crippen molar-refractivity contribution in [1.29, 1.82) is 0 Å². The number of hydrogen-bond donors (Lipinski definition) is 0. The highest BCUT2D eigenvalue weighted by atomic mass is 16.5. The Morgan fingerprint density at radius 1 is 1.13 bits per heavy atom. The van der Waals surface area contributed by atoms with Crippen molar-refractivity contribution in [3.8, 4) is 0 Å². The minimum atomic E-state index is -0.333. The summed E-state index contributed by atoms with van der Waals surface area (Å²) in [6.45, 7) is 5.85. The molecule has 0 saturated heterocycles. The van der Waals surface area contributed by atoms with Crippen LogP contribution in [0.1, 0.15) is 23.6 Å². The Morgan fingerprint density at radius 3 is 2.20 bits per heavy atom. The molecular weight excluding hydrogens is 188 g/mol. The molecule has 0 spiro atoms. The van der Waals surface area contributed by atoms with E-state index in [2.05, 4.69) is 6.07 Å². The summed E-state index contributed by atoms with van der Waals surface area (Å²) >= 11 is 0. The lowest BCUT2D eigenvalue weighted by Gasteiger charge is -2.08. The predicted octanol–water partition coefficient (Wildman–Crippen LogP) is 2.63. The van der Waals surface area contributed by atoms with Gasteiger partial charge in [0, 0.05) is 11.6 Å². The molecule has 1 atom stereocenters. The maximum absolute atomic E-state index is 11.3. The van der Waals surface area contributed by atoms with Gasteiger partial charge in [-0.2, -0.15) is 0 Å². The van der Waals surface area contributed by atoms with Crippen molar-refractivity contribution in [3.63, 3.8) is 0 Å². The average molecular weight is 202 g/mol. The molecule has 1 unspecified atom stereocenters. The molecule has 0 amide bonds. The first-order chi connectivity index (χ1) is 7.06. The molecule has 0 bridgehead atoms. The monoisotopic (exact) mass is 202 g/mol. The van der Waals surface area contributed by atoms with E-state index in [1.165, 1.54) is 11.1 Å². The Bertz CT molecular complexity index is 424. The Kier molecular flexibility index (Phi) is 2.35. The Balaban J connectivity index is 2.39. The lowest BCUT2D eigenvalue weighted by molar-refractivity contribution is -0.119. The summed E-state index contributed by atoms with van der Waals surface area (Å²) in [5, 5.41) is 0. The molecule has 0 saturated carbocycles. The van der Waals surface area contributed by atoms with Gasteiger partial charge < -0.3 is 4.74 Å². The summed E-state index contributed by atoms with van der Waals surface area (Å²) in [6, 6.07) is 6.17. The smallest absolute Gasteiger partial charge is 0.199 e. The zero-order valence-corrected chi connectivity index (χ0v) is 9.20. The molecule has 0 aliphatic carbocycles. The van der Waals surface area contributed by atoms with E-state index in [1.54, 1.807) is 13.0 Å². The van der Waals surface area contributed by atoms with Crippen LogP contribution >= 0.6 is 0 Å². The molecule has 1 aromatic rings. The molecule has 2 heteroatoms. The normalized spacial score (nSPS) is 20.1. The number of benzene rings is 1. The minimum absolute atomic E-state index is 0.0455. The van der Waals surface area contributed by atoms with Gasteiger partial charge in [0.15, 0.2) is 11.9 Å². The molecule has 1 aromatic carbocycles. The molecule has 2 rings (SSSR count). The number of hydrogen-bond acceptors (Lipinski definition) is 2. The summed E-state index contributed by atoms with van der Waals surface area (Å²) in [5.74, 6) is 0.739. The maximum Gasteiger partial charge on any atom is 0.199 e. The van der Waals surface area contributed by atoms with E-state index >= 15 is 0 Å². The Labute approximate surface area is 89.6 Å². The number of carbonyl (C=O) groups excluding carboxylic acids is 1. The molecule has 1 heterocycles. The van der Waals surface area contributed by atoms with Crippen molar-refractivity contribution in [1.82, 2.24) is 0 Å². The van der Waals surface area contributed by atoms with E-state index in [-0.39, 0.29) is 11.9 Å². The summed E-state index contributed by atoms with van der Waals surface area (Å²) in [4.78, 5) is 11.3. The third-order valence-electron chi connectivity index (χ3n) is 2.48. The largest absolute Gasteiger partial charge is 0.482 e. The number of aryl methyl sites for hydroxylation is 2. The van der Waals surface area contributed by atoms with E-state index in [9.17, 15) is 4.79 Å². The van der Waals surface area contributed by atoms with Crippen LogP contribution in [0.3, 0.4) is 0 Å². The minimum Gasteiger partial charge on any atom is -0.482 e. The molecule has 0 N–H and O–H groups in total. The summed E-state index contributed by atoms with van der Waals surface area (Å²) in [5.41, 5.74) is 3.35. The fourth-order valence-corrected chi connectivity index (χ4v) is 1.80. The number of ether oxygens (including phenoxy) is 1. The molecular formula is C13H14O2. The quantitative estimate of drug-likeness (QED) is 0.699. The van der Waals surface area contributed by atoms with Gasteiger partial charge in [-0.25, -0.2) is 0 Å². The van der Waals surface area contributed by atoms with Crippen LogP contribution in [0.15, 0.2) is 24.3 Å². The van der Waals surface area contributed by atoms with Crippen LogP contribution in [0.2, 0.25) is 0 Å². The number of ketones is 1. The second-order valence-electron chi connectivity index (χ2n) is 4.05. The van der Waals surface area contributed by atoms with Crippen LogP contribution in [-0.2, 0) is 9.53 Å². The van der Waals surface area contributed by atoms with Crippen molar-refractivity contribution in [3.05, 3.63) is 41.0 Å². The van der Waals surface area contributed by atoms with Crippen molar-refractivity contribution in [2.24, 2.45) is 0 Å². The van der Waals surface area contributed by atoms with Crippen LogP contribution in [0.5, 0.6) is 0 Å². The van der Waals surface area contributed by atoms with Gasteiger partial charge in [0.2, 0.25) is 0 Å². The van der Waals surface area contributed by atoms with Gasteiger partial charge in [0.1, 0.15) is 5.76 Å². The van der Waals surface area contributed by atoms with Gasteiger partial charge in [-0.1, -0.05) is 17.2 Å². The van der Waals surface area contributed by atoms with E-state index in [0.29, 0.717) is 5.76 Å². The van der Waals surface area contributed by atoms with E-state index in [4.69, 9.17) is 4.74 Å². The van der Waals surface area contributed by atoms with Crippen molar-refractivity contribution >= 4 is 11.5 Å². The molecule has 15 heavy (non-hydrogen) atoms. The van der Waals surface area contributed by atoms with Crippen molar-refractivity contribution in [2.45, 2.75) is 26.9 Å². The molecule has 0 aromatic heterocycles. The van der Waals surface area contributed by atoms with Gasteiger partial charge in [-0.15, -0.1) is 0 Å². The lowest BCUT2D eigenvalue weighted by atomic mass is 10.1. The molecule has 1 aliphatic rings. The summed E-state index contributed by atoms with van der Waals surface area (Å²) < 4.78 is 5.48. The van der Waals surface area contributed by atoms with Gasteiger partial charge in [-0.3, -0.25) is 4.79 Å². The molecule has 0 fully saturated rings. The first-order valence-electron chi connectivity index (χ1n) is 5.07. The second-order valence-corrected chi connectivity index (χ2v) is 4.05. The van der Waals surface area contributed by atoms with Crippen LogP contribution in [-0.4, -0.2) is 11.9 Å². The fourth-order valence-electron chi connectivity index (χ4n) is 1.80. The van der Waals surface area contributed by atoms with E-state index in [0.717, 1.165) is 5.56 Å². The Hall–Kier alpha value is -1.57. The SMILES string of the molecule is Cc1cc(C)cc(C2=CC(=O)C(C)O2)c1. The van der Waals surface area contributed by atoms with E-state index in [1.807, 2.05) is 26.0 Å². The van der Waals surface area contributed by atoms with Gasteiger partial charge in [-0.05, 0) is 32.9 Å². The van der Waals surface area contributed by atoms with Gasteiger partial charge in [0.25, 0.3) is 0 Å². The maximum atomic E-state index is 11.3.